The highest BCUT2D eigenvalue weighted by Crippen LogP contribution is 2.35. The Bertz CT molecular complexity index is 823. The number of nitriles is 1. The lowest BCUT2D eigenvalue weighted by Gasteiger charge is -2.08. The third-order valence-electron chi connectivity index (χ3n) is 3.10. The van der Waals surface area contributed by atoms with Crippen LogP contribution in [0.3, 0.4) is 0 Å². The highest BCUT2D eigenvalue weighted by molar-refractivity contribution is 9.10. The molecular weight excluding hydrogens is 364 g/mol. The van der Waals surface area contributed by atoms with Gasteiger partial charge in [0.1, 0.15) is 0 Å². The summed E-state index contributed by atoms with van der Waals surface area (Å²) in [5, 5.41) is 30.1. The Morgan fingerprint density at radius 1 is 1.39 bits per heavy atom. The molecule has 0 spiro atoms. The minimum Gasteiger partial charge on any atom is -0.504 e. The number of halogens is 1. The summed E-state index contributed by atoms with van der Waals surface area (Å²) in [7, 11) is 1.43. The first-order valence-corrected chi connectivity index (χ1v) is 7.18. The van der Waals surface area contributed by atoms with E-state index in [0.717, 1.165) is 0 Å². The molecule has 0 aliphatic rings. The van der Waals surface area contributed by atoms with Gasteiger partial charge in [-0.05, 0) is 35.9 Å². The van der Waals surface area contributed by atoms with Crippen LogP contribution in [0.25, 0.3) is 11.6 Å². The van der Waals surface area contributed by atoms with Gasteiger partial charge in [0.05, 0.1) is 23.7 Å². The lowest BCUT2D eigenvalue weighted by atomic mass is 10.0. The summed E-state index contributed by atoms with van der Waals surface area (Å²) in [5.41, 5.74) is 1.11. The van der Waals surface area contributed by atoms with Crippen molar-refractivity contribution in [3.05, 3.63) is 62.1 Å². The minimum absolute atomic E-state index is 0.0574. The second-order valence-electron chi connectivity index (χ2n) is 4.52. The Kier molecular flexibility index (Phi) is 4.98. The van der Waals surface area contributed by atoms with E-state index >= 15 is 0 Å². The van der Waals surface area contributed by atoms with Crippen molar-refractivity contribution in [1.29, 1.82) is 5.26 Å². The maximum Gasteiger partial charge on any atom is 0.269 e. The molecule has 0 amide bonds. The SMILES string of the molecule is COc1cc(Br)cc(/C=C(/C#N)c2ccc([N+](=O)[O-])cc2)c1O. The van der Waals surface area contributed by atoms with Crippen molar-refractivity contribution in [3.8, 4) is 17.6 Å². The smallest absolute Gasteiger partial charge is 0.269 e. The van der Waals surface area contributed by atoms with Gasteiger partial charge >= 0.3 is 0 Å². The van der Waals surface area contributed by atoms with E-state index in [9.17, 15) is 20.5 Å². The maximum atomic E-state index is 10.7. The van der Waals surface area contributed by atoms with Crippen LogP contribution in [0, 0.1) is 21.4 Å². The second-order valence-corrected chi connectivity index (χ2v) is 5.44. The van der Waals surface area contributed by atoms with E-state index in [1.807, 2.05) is 6.07 Å². The molecule has 0 saturated carbocycles. The summed E-state index contributed by atoms with van der Waals surface area (Å²) in [4.78, 5) is 10.2. The monoisotopic (exact) mass is 374 g/mol. The summed E-state index contributed by atoms with van der Waals surface area (Å²) >= 11 is 3.30. The summed E-state index contributed by atoms with van der Waals surface area (Å²) in [6.07, 6.45) is 1.49. The van der Waals surface area contributed by atoms with Gasteiger partial charge in [-0.2, -0.15) is 5.26 Å². The molecule has 1 N–H and O–H groups in total. The molecule has 0 radical (unpaired) electrons. The van der Waals surface area contributed by atoms with E-state index in [1.54, 1.807) is 12.1 Å². The summed E-state index contributed by atoms with van der Waals surface area (Å²) < 4.78 is 5.74. The van der Waals surface area contributed by atoms with Crippen LogP contribution in [-0.4, -0.2) is 17.1 Å². The van der Waals surface area contributed by atoms with Crippen molar-refractivity contribution < 1.29 is 14.8 Å². The highest BCUT2D eigenvalue weighted by Gasteiger charge is 2.11. The lowest BCUT2D eigenvalue weighted by Crippen LogP contribution is -1.89. The zero-order valence-corrected chi connectivity index (χ0v) is 13.6. The van der Waals surface area contributed by atoms with Crippen molar-refractivity contribution in [3.63, 3.8) is 0 Å². The summed E-state index contributed by atoms with van der Waals surface area (Å²) in [6.45, 7) is 0. The number of benzene rings is 2. The van der Waals surface area contributed by atoms with E-state index < -0.39 is 4.92 Å². The quantitative estimate of drug-likeness (QED) is 0.375. The highest BCUT2D eigenvalue weighted by atomic mass is 79.9. The maximum absolute atomic E-state index is 10.7. The molecule has 2 aromatic carbocycles. The minimum atomic E-state index is -0.509. The van der Waals surface area contributed by atoms with E-state index in [0.29, 0.717) is 15.6 Å². The van der Waals surface area contributed by atoms with Gasteiger partial charge in [0, 0.05) is 22.2 Å². The Hall–Kier alpha value is -2.85. The standard InChI is InChI=1S/C16H11BrN2O4/c1-23-15-8-13(17)7-11(16(15)20)6-12(9-18)10-2-4-14(5-3-10)19(21)22/h2-8,20H,1H3/b12-6-. The van der Waals surface area contributed by atoms with Crippen molar-refractivity contribution in [2.45, 2.75) is 0 Å². The van der Waals surface area contributed by atoms with Gasteiger partial charge in [0.25, 0.3) is 5.69 Å². The first-order valence-electron chi connectivity index (χ1n) is 6.39. The molecule has 7 heteroatoms. The van der Waals surface area contributed by atoms with Gasteiger partial charge in [-0.1, -0.05) is 15.9 Å². The van der Waals surface area contributed by atoms with E-state index in [1.165, 1.54) is 37.5 Å². The largest absolute Gasteiger partial charge is 0.504 e. The van der Waals surface area contributed by atoms with Crippen LogP contribution in [0.1, 0.15) is 11.1 Å². The van der Waals surface area contributed by atoms with Gasteiger partial charge in [-0.3, -0.25) is 10.1 Å². The molecule has 0 saturated heterocycles. The van der Waals surface area contributed by atoms with Gasteiger partial charge in [0.15, 0.2) is 11.5 Å². The van der Waals surface area contributed by atoms with Crippen molar-refractivity contribution in [1.82, 2.24) is 0 Å². The van der Waals surface area contributed by atoms with E-state index in [-0.39, 0.29) is 22.8 Å². The van der Waals surface area contributed by atoms with Crippen LogP contribution in [-0.2, 0) is 0 Å². The number of ether oxygens (including phenoxy) is 1. The van der Waals surface area contributed by atoms with Gasteiger partial charge in [-0.25, -0.2) is 0 Å². The van der Waals surface area contributed by atoms with Gasteiger partial charge in [0.2, 0.25) is 0 Å². The second kappa shape index (κ2) is 6.94. The fraction of sp³-hybridized carbons (Fsp3) is 0.0625. The average molecular weight is 375 g/mol. The number of phenolic OH excluding ortho intramolecular Hbond substituents is 1. The molecule has 0 aliphatic heterocycles. The molecule has 0 fully saturated rings. The number of allylic oxidation sites excluding steroid dienone is 1. The van der Waals surface area contributed by atoms with Crippen molar-refractivity contribution >= 4 is 33.3 Å². The predicted molar refractivity (Wildman–Crippen MR) is 88.9 cm³/mol. The number of nitro benzene ring substituents is 1. The molecule has 2 rings (SSSR count). The number of hydrogen-bond acceptors (Lipinski definition) is 5. The molecule has 0 heterocycles. The van der Waals surface area contributed by atoms with Crippen molar-refractivity contribution in [2.75, 3.05) is 7.11 Å². The number of non-ortho nitro benzene ring substituents is 1. The summed E-state index contributed by atoms with van der Waals surface area (Å²) in [6, 6.07) is 10.9. The Morgan fingerprint density at radius 2 is 2.04 bits per heavy atom. The topological polar surface area (TPSA) is 96.4 Å². The third-order valence-corrected chi connectivity index (χ3v) is 3.56. The number of hydrogen-bond donors (Lipinski definition) is 1. The molecule has 0 aliphatic carbocycles. The first kappa shape index (κ1) is 16.5. The van der Waals surface area contributed by atoms with Crippen LogP contribution >= 0.6 is 15.9 Å². The zero-order valence-electron chi connectivity index (χ0n) is 12.0. The first-order chi connectivity index (χ1) is 11.0. The number of phenols is 1. The summed E-state index contributed by atoms with van der Waals surface area (Å²) in [5.74, 6) is 0.178. The molecule has 116 valence electrons. The molecule has 0 atom stereocenters. The van der Waals surface area contributed by atoms with E-state index in [2.05, 4.69) is 15.9 Å². The Balaban J connectivity index is 2.49. The molecule has 2 aromatic rings. The van der Waals surface area contributed by atoms with Crippen molar-refractivity contribution in [2.24, 2.45) is 0 Å². The molecule has 0 aromatic heterocycles. The zero-order chi connectivity index (χ0) is 17.0. The number of nitrogens with zero attached hydrogens (tertiary/aromatic N) is 2. The number of nitro groups is 1. The fourth-order valence-corrected chi connectivity index (χ4v) is 2.41. The third kappa shape index (κ3) is 3.67. The predicted octanol–water partition coefficient (Wildman–Crippen LogP) is 4.14. The molecule has 0 bridgehead atoms. The van der Waals surface area contributed by atoms with Crippen LogP contribution < -0.4 is 4.74 Å². The lowest BCUT2D eigenvalue weighted by molar-refractivity contribution is -0.384. The number of methoxy groups -OCH3 is 1. The Morgan fingerprint density at radius 3 is 2.57 bits per heavy atom. The number of aromatic hydroxyl groups is 1. The molecule has 0 unspecified atom stereocenters. The van der Waals surface area contributed by atoms with Gasteiger partial charge < -0.3 is 9.84 Å². The van der Waals surface area contributed by atoms with Crippen LogP contribution in [0.2, 0.25) is 0 Å². The normalized spacial score (nSPS) is 10.9. The fourth-order valence-electron chi connectivity index (χ4n) is 1.96. The van der Waals surface area contributed by atoms with Gasteiger partial charge in [-0.15, -0.1) is 0 Å². The van der Waals surface area contributed by atoms with E-state index in [4.69, 9.17) is 4.74 Å². The van der Waals surface area contributed by atoms with Crippen LogP contribution in [0.4, 0.5) is 5.69 Å². The number of rotatable bonds is 4. The molecule has 23 heavy (non-hydrogen) atoms. The molecular formula is C16H11BrN2O4. The Labute approximate surface area is 140 Å². The van der Waals surface area contributed by atoms with Crippen LogP contribution in [0.5, 0.6) is 11.5 Å². The average Bonchev–Trinajstić information content (AvgIpc) is 2.55. The molecule has 6 nitrogen and oxygen atoms in total. The van der Waals surface area contributed by atoms with Crippen LogP contribution in [0.15, 0.2) is 40.9 Å².